The highest BCUT2D eigenvalue weighted by atomic mass is 19.4. The molecule has 110 valence electrons. The summed E-state index contributed by atoms with van der Waals surface area (Å²) in [5.74, 6) is -1.82. The quantitative estimate of drug-likeness (QED) is 0.621. The SMILES string of the molecule is O=C(CC1CCCCO1)c1ccc(C(F)(F)F)c(F)c1. The lowest BCUT2D eigenvalue weighted by atomic mass is 9.99. The van der Waals surface area contributed by atoms with Crippen molar-refractivity contribution in [1.82, 2.24) is 0 Å². The van der Waals surface area contributed by atoms with Crippen molar-refractivity contribution in [1.29, 1.82) is 0 Å². The molecule has 1 aliphatic rings. The second kappa shape index (κ2) is 5.91. The Morgan fingerprint density at radius 3 is 2.60 bits per heavy atom. The Labute approximate surface area is 113 Å². The lowest BCUT2D eigenvalue weighted by Gasteiger charge is -2.21. The van der Waals surface area contributed by atoms with E-state index in [0.29, 0.717) is 18.7 Å². The molecule has 1 saturated heterocycles. The standard InChI is InChI=1S/C14H14F4O2/c15-12-7-9(4-5-11(12)14(16,17)18)13(19)8-10-3-1-2-6-20-10/h4-5,7,10H,1-3,6,8H2. The van der Waals surface area contributed by atoms with Gasteiger partial charge >= 0.3 is 6.18 Å². The van der Waals surface area contributed by atoms with Gasteiger partial charge in [0.05, 0.1) is 11.7 Å². The van der Waals surface area contributed by atoms with Crippen molar-refractivity contribution < 1.29 is 27.1 Å². The van der Waals surface area contributed by atoms with Crippen molar-refractivity contribution in [3.8, 4) is 0 Å². The molecule has 0 radical (unpaired) electrons. The number of ether oxygens (including phenoxy) is 1. The molecule has 1 aromatic rings. The first-order valence-corrected chi connectivity index (χ1v) is 6.39. The van der Waals surface area contributed by atoms with Crippen LogP contribution in [0.2, 0.25) is 0 Å². The third kappa shape index (κ3) is 3.56. The molecule has 1 heterocycles. The lowest BCUT2D eigenvalue weighted by Crippen LogP contribution is -2.22. The molecule has 0 aliphatic carbocycles. The summed E-state index contributed by atoms with van der Waals surface area (Å²) >= 11 is 0. The average molecular weight is 290 g/mol. The van der Waals surface area contributed by atoms with Crippen LogP contribution in [0, 0.1) is 5.82 Å². The van der Waals surface area contributed by atoms with Gasteiger partial charge in [-0.05, 0) is 31.4 Å². The van der Waals surface area contributed by atoms with E-state index in [1.165, 1.54) is 0 Å². The van der Waals surface area contributed by atoms with Crippen LogP contribution >= 0.6 is 0 Å². The topological polar surface area (TPSA) is 26.3 Å². The molecular formula is C14H14F4O2. The zero-order chi connectivity index (χ0) is 14.8. The van der Waals surface area contributed by atoms with E-state index in [4.69, 9.17) is 4.74 Å². The van der Waals surface area contributed by atoms with Gasteiger partial charge in [0, 0.05) is 18.6 Å². The minimum absolute atomic E-state index is 0.0512. The molecule has 0 N–H and O–H groups in total. The van der Waals surface area contributed by atoms with Crippen LogP contribution < -0.4 is 0 Å². The van der Waals surface area contributed by atoms with Gasteiger partial charge in [0.1, 0.15) is 5.82 Å². The highest BCUT2D eigenvalue weighted by molar-refractivity contribution is 5.96. The summed E-state index contributed by atoms with van der Waals surface area (Å²) < 4.78 is 56.0. The highest BCUT2D eigenvalue weighted by Crippen LogP contribution is 2.31. The van der Waals surface area contributed by atoms with Crippen LogP contribution in [0.5, 0.6) is 0 Å². The molecule has 1 fully saturated rings. The number of halogens is 4. The summed E-state index contributed by atoms with van der Waals surface area (Å²) in [6.07, 6.45) is -2.25. The van der Waals surface area contributed by atoms with Gasteiger partial charge in [0.2, 0.25) is 0 Å². The molecule has 2 nitrogen and oxygen atoms in total. The van der Waals surface area contributed by atoms with E-state index < -0.39 is 23.3 Å². The third-order valence-electron chi connectivity index (χ3n) is 3.28. The van der Waals surface area contributed by atoms with Gasteiger partial charge in [0.15, 0.2) is 5.78 Å². The molecule has 0 spiro atoms. The maximum absolute atomic E-state index is 13.4. The Bertz CT molecular complexity index is 490. The van der Waals surface area contributed by atoms with Crippen LogP contribution in [0.25, 0.3) is 0 Å². The number of Topliss-reactive ketones (excluding diaryl/α,β-unsaturated/α-hetero) is 1. The minimum Gasteiger partial charge on any atom is -0.378 e. The van der Waals surface area contributed by atoms with E-state index in [0.717, 1.165) is 25.3 Å². The number of ketones is 1. The molecule has 1 aromatic carbocycles. The predicted molar refractivity (Wildman–Crippen MR) is 63.9 cm³/mol. The molecule has 20 heavy (non-hydrogen) atoms. The van der Waals surface area contributed by atoms with Crippen molar-refractivity contribution in [3.63, 3.8) is 0 Å². The summed E-state index contributed by atoms with van der Waals surface area (Å²) in [6, 6.07) is 2.26. The van der Waals surface area contributed by atoms with E-state index in [-0.39, 0.29) is 18.1 Å². The van der Waals surface area contributed by atoms with Gasteiger partial charge in [-0.3, -0.25) is 4.79 Å². The van der Waals surface area contributed by atoms with Crippen LogP contribution in [-0.4, -0.2) is 18.5 Å². The number of carbonyl (C=O) groups is 1. The van der Waals surface area contributed by atoms with Crippen molar-refractivity contribution in [2.75, 3.05) is 6.61 Å². The Balaban J connectivity index is 2.09. The molecular weight excluding hydrogens is 276 g/mol. The smallest absolute Gasteiger partial charge is 0.378 e. The van der Waals surface area contributed by atoms with Crippen LogP contribution in [-0.2, 0) is 10.9 Å². The maximum atomic E-state index is 13.4. The van der Waals surface area contributed by atoms with Crippen molar-refractivity contribution in [2.24, 2.45) is 0 Å². The number of benzene rings is 1. The van der Waals surface area contributed by atoms with E-state index in [2.05, 4.69) is 0 Å². The van der Waals surface area contributed by atoms with Gasteiger partial charge in [0.25, 0.3) is 0 Å². The first-order chi connectivity index (χ1) is 9.38. The lowest BCUT2D eigenvalue weighted by molar-refractivity contribution is -0.140. The molecule has 1 atom stereocenters. The number of hydrogen-bond donors (Lipinski definition) is 0. The number of hydrogen-bond acceptors (Lipinski definition) is 2. The molecule has 0 amide bonds. The molecule has 6 heteroatoms. The summed E-state index contributed by atoms with van der Waals surface area (Å²) in [5, 5.41) is 0. The fourth-order valence-corrected chi connectivity index (χ4v) is 2.21. The monoisotopic (exact) mass is 290 g/mol. The molecule has 0 aromatic heterocycles. The largest absolute Gasteiger partial charge is 0.419 e. The number of rotatable bonds is 3. The molecule has 2 rings (SSSR count). The predicted octanol–water partition coefficient (Wildman–Crippen LogP) is 3.99. The fourth-order valence-electron chi connectivity index (χ4n) is 2.21. The van der Waals surface area contributed by atoms with Crippen molar-refractivity contribution in [3.05, 3.63) is 35.1 Å². The van der Waals surface area contributed by atoms with Crippen molar-refractivity contribution in [2.45, 2.75) is 38.0 Å². The zero-order valence-electron chi connectivity index (χ0n) is 10.7. The third-order valence-corrected chi connectivity index (χ3v) is 3.28. The minimum atomic E-state index is -4.75. The Morgan fingerprint density at radius 1 is 1.30 bits per heavy atom. The summed E-state index contributed by atoms with van der Waals surface area (Å²) in [4.78, 5) is 11.9. The van der Waals surface area contributed by atoms with E-state index in [9.17, 15) is 22.4 Å². The van der Waals surface area contributed by atoms with Gasteiger partial charge < -0.3 is 4.74 Å². The highest BCUT2D eigenvalue weighted by Gasteiger charge is 2.34. The average Bonchev–Trinajstić information content (AvgIpc) is 2.38. The second-order valence-corrected chi connectivity index (χ2v) is 4.81. The first-order valence-electron chi connectivity index (χ1n) is 6.39. The fraction of sp³-hybridized carbons (Fsp3) is 0.500. The van der Waals surface area contributed by atoms with Gasteiger partial charge in [-0.15, -0.1) is 0 Å². The first kappa shape index (κ1) is 15.0. The van der Waals surface area contributed by atoms with Gasteiger partial charge in [-0.1, -0.05) is 6.07 Å². The van der Waals surface area contributed by atoms with Crippen LogP contribution in [0.1, 0.15) is 41.6 Å². The van der Waals surface area contributed by atoms with Gasteiger partial charge in [-0.2, -0.15) is 13.2 Å². The Kier molecular flexibility index (Phi) is 4.42. The molecule has 0 saturated carbocycles. The van der Waals surface area contributed by atoms with Gasteiger partial charge in [-0.25, -0.2) is 4.39 Å². The normalized spacial score (nSPS) is 19.9. The Morgan fingerprint density at radius 2 is 2.05 bits per heavy atom. The van der Waals surface area contributed by atoms with Crippen molar-refractivity contribution >= 4 is 5.78 Å². The maximum Gasteiger partial charge on any atom is 0.419 e. The van der Waals surface area contributed by atoms with E-state index >= 15 is 0 Å². The zero-order valence-corrected chi connectivity index (χ0v) is 10.7. The number of carbonyl (C=O) groups excluding carboxylic acids is 1. The second-order valence-electron chi connectivity index (χ2n) is 4.81. The molecule has 0 bridgehead atoms. The summed E-state index contributed by atoms with van der Waals surface area (Å²) in [6.45, 7) is 0.583. The van der Waals surface area contributed by atoms with Crippen LogP contribution in [0.4, 0.5) is 17.6 Å². The summed E-state index contributed by atoms with van der Waals surface area (Å²) in [5.41, 5.74) is -1.41. The van der Waals surface area contributed by atoms with Crippen LogP contribution in [0.3, 0.4) is 0 Å². The molecule has 1 aliphatic heterocycles. The van der Waals surface area contributed by atoms with Crippen LogP contribution in [0.15, 0.2) is 18.2 Å². The molecule has 1 unspecified atom stereocenters. The number of alkyl halides is 3. The van der Waals surface area contributed by atoms with E-state index in [1.807, 2.05) is 0 Å². The summed E-state index contributed by atoms with van der Waals surface area (Å²) in [7, 11) is 0. The Hall–Kier alpha value is -1.43. The van der Waals surface area contributed by atoms with E-state index in [1.54, 1.807) is 0 Å².